The molecule has 0 aliphatic carbocycles. The number of hydrogen-bond acceptors (Lipinski definition) is 6. The Kier molecular flexibility index (Phi) is 8.28. The molecule has 0 bridgehead atoms. The molecule has 1 saturated heterocycles. The summed E-state index contributed by atoms with van der Waals surface area (Å²) in [6.45, 7) is 0.655. The van der Waals surface area contributed by atoms with E-state index in [0.717, 1.165) is 6.42 Å². The summed E-state index contributed by atoms with van der Waals surface area (Å²) >= 11 is 12.2. The van der Waals surface area contributed by atoms with Gasteiger partial charge in [-0.05, 0) is 48.7 Å². The van der Waals surface area contributed by atoms with Gasteiger partial charge in [0.25, 0.3) is 5.56 Å². The molecule has 10 heteroatoms. The van der Waals surface area contributed by atoms with Crippen LogP contribution in [0.15, 0.2) is 53.6 Å². The highest BCUT2D eigenvalue weighted by molar-refractivity contribution is 6.34. The Balaban J connectivity index is 1.53. The minimum Gasteiger partial charge on any atom is -0.394 e. The number of halogens is 3. The number of pyridine rings is 1. The van der Waals surface area contributed by atoms with Crippen molar-refractivity contribution in [1.82, 2.24) is 19.9 Å². The molecule has 4 rings (SSSR count). The number of nitrogens with zero attached hydrogens (tertiary/aromatic N) is 3. The molecule has 2 aromatic heterocycles. The van der Waals surface area contributed by atoms with Gasteiger partial charge in [-0.25, -0.2) is 14.4 Å². The zero-order chi connectivity index (χ0) is 24.1. The van der Waals surface area contributed by atoms with Gasteiger partial charge in [-0.3, -0.25) is 4.79 Å². The van der Waals surface area contributed by atoms with Crippen molar-refractivity contribution < 1.29 is 14.2 Å². The molecule has 7 nitrogen and oxygen atoms in total. The second-order valence-electron chi connectivity index (χ2n) is 8.14. The van der Waals surface area contributed by atoms with Crippen LogP contribution in [0.25, 0.3) is 11.3 Å². The molecule has 1 fully saturated rings. The number of ether oxygens (including phenoxy) is 1. The number of aliphatic hydroxyl groups excluding tert-OH is 1. The molecule has 3 atom stereocenters. The lowest BCUT2D eigenvalue weighted by Crippen LogP contribution is -2.38. The number of benzene rings is 1. The quantitative estimate of drug-likeness (QED) is 0.506. The van der Waals surface area contributed by atoms with Crippen LogP contribution in [0.3, 0.4) is 0 Å². The second kappa shape index (κ2) is 11.4. The second-order valence-corrected chi connectivity index (χ2v) is 9.01. The Morgan fingerprint density at radius 1 is 1.24 bits per heavy atom. The third-order valence-corrected chi connectivity index (χ3v) is 6.20. The van der Waals surface area contributed by atoms with E-state index in [4.69, 9.17) is 27.9 Å². The van der Waals surface area contributed by atoms with Crippen LogP contribution in [0.1, 0.15) is 30.3 Å². The molecular weight excluding hydrogens is 482 g/mol. The number of rotatable bonds is 7. The van der Waals surface area contributed by atoms with Gasteiger partial charge in [0.05, 0.1) is 31.5 Å². The predicted octanol–water partition coefficient (Wildman–Crippen LogP) is 3.80. The highest BCUT2D eigenvalue weighted by Crippen LogP contribution is 2.26. The summed E-state index contributed by atoms with van der Waals surface area (Å²) in [6.07, 6.45) is 3.62. The average Bonchev–Trinajstić information content (AvgIpc) is 3.02. The van der Waals surface area contributed by atoms with Crippen LogP contribution in [0.2, 0.25) is 10.0 Å². The fraction of sp³-hybridized carbons (Fsp3) is 0.375. The Hall–Kier alpha value is -2.36. The summed E-state index contributed by atoms with van der Waals surface area (Å²) in [6, 6.07) is 8.88. The van der Waals surface area contributed by atoms with E-state index in [1.807, 2.05) is 0 Å². The van der Waals surface area contributed by atoms with Crippen molar-refractivity contribution in [3.05, 3.63) is 80.6 Å². The van der Waals surface area contributed by atoms with Crippen LogP contribution < -0.4 is 10.9 Å². The molecule has 0 spiro atoms. The normalized spacial score (nSPS) is 19.5. The fourth-order valence-electron chi connectivity index (χ4n) is 4.02. The van der Waals surface area contributed by atoms with Gasteiger partial charge >= 0.3 is 0 Å². The molecule has 34 heavy (non-hydrogen) atoms. The molecule has 0 saturated carbocycles. The van der Waals surface area contributed by atoms with Crippen molar-refractivity contribution in [3.8, 4) is 11.3 Å². The van der Waals surface area contributed by atoms with E-state index < -0.39 is 12.2 Å². The van der Waals surface area contributed by atoms with Crippen molar-refractivity contribution in [3.63, 3.8) is 0 Å². The first-order valence-corrected chi connectivity index (χ1v) is 11.8. The molecule has 3 heterocycles. The monoisotopic (exact) mass is 506 g/mol. The Morgan fingerprint density at radius 3 is 2.76 bits per heavy atom. The maximum absolute atomic E-state index is 14.2. The van der Waals surface area contributed by atoms with Crippen molar-refractivity contribution >= 4 is 23.2 Å². The van der Waals surface area contributed by atoms with E-state index >= 15 is 0 Å². The SMILES string of the molecule is O=c1cc(-c2ccnc(CN[C@@H]3CCCOC[C@H]3F)n2)ccn1[C@H](CO)c1cc(Cl)cc(Cl)c1. The molecular formula is C24H25Cl2FN4O3. The predicted molar refractivity (Wildman–Crippen MR) is 129 cm³/mol. The molecule has 3 aromatic rings. The Bertz CT molecular complexity index is 1170. The summed E-state index contributed by atoms with van der Waals surface area (Å²) < 4.78 is 20.9. The Labute approximate surface area is 206 Å². The van der Waals surface area contributed by atoms with Crippen LogP contribution in [0, 0.1) is 0 Å². The van der Waals surface area contributed by atoms with Crippen LogP contribution in [-0.2, 0) is 11.3 Å². The minimum atomic E-state index is -1.08. The van der Waals surface area contributed by atoms with Crippen LogP contribution in [0.4, 0.5) is 4.39 Å². The number of alkyl halides is 1. The largest absolute Gasteiger partial charge is 0.394 e. The van der Waals surface area contributed by atoms with Crippen molar-refractivity contribution in [2.24, 2.45) is 0 Å². The highest BCUT2D eigenvalue weighted by Gasteiger charge is 2.23. The topological polar surface area (TPSA) is 89.3 Å². The third-order valence-electron chi connectivity index (χ3n) is 5.77. The lowest BCUT2D eigenvalue weighted by molar-refractivity contribution is 0.0874. The molecule has 0 unspecified atom stereocenters. The number of aliphatic hydroxyl groups is 1. The summed E-state index contributed by atoms with van der Waals surface area (Å²) in [5.41, 5.74) is 1.49. The summed E-state index contributed by atoms with van der Waals surface area (Å²) in [7, 11) is 0. The molecule has 1 aromatic carbocycles. The van der Waals surface area contributed by atoms with E-state index in [0.29, 0.717) is 52.3 Å². The smallest absolute Gasteiger partial charge is 0.251 e. The summed E-state index contributed by atoms with van der Waals surface area (Å²) in [4.78, 5) is 21.7. The lowest BCUT2D eigenvalue weighted by Gasteiger charge is -2.19. The van der Waals surface area contributed by atoms with E-state index in [-0.39, 0.29) is 24.8 Å². The highest BCUT2D eigenvalue weighted by atomic mass is 35.5. The van der Waals surface area contributed by atoms with Gasteiger partial charge in [-0.15, -0.1) is 0 Å². The molecule has 0 amide bonds. The van der Waals surface area contributed by atoms with E-state index in [1.165, 1.54) is 10.6 Å². The summed E-state index contributed by atoms with van der Waals surface area (Å²) in [5, 5.41) is 14.0. The fourth-order valence-corrected chi connectivity index (χ4v) is 4.57. The Morgan fingerprint density at radius 2 is 2.03 bits per heavy atom. The van der Waals surface area contributed by atoms with Gasteiger partial charge in [0.2, 0.25) is 0 Å². The minimum absolute atomic E-state index is 0.0884. The van der Waals surface area contributed by atoms with Crippen molar-refractivity contribution in [2.75, 3.05) is 19.8 Å². The first-order chi connectivity index (χ1) is 16.4. The zero-order valence-electron chi connectivity index (χ0n) is 18.3. The van der Waals surface area contributed by atoms with Gasteiger partial charge < -0.3 is 19.7 Å². The van der Waals surface area contributed by atoms with Gasteiger partial charge in [-0.2, -0.15) is 0 Å². The van der Waals surface area contributed by atoms with Crippen LogP contribution in [-0.4, -0.2) is 51.7 Å². The summed E-state index contributed by atoms with van der Waals surface area (Å²) in [5.74, 6) is 0.501. The van der Waals surface area contributed by atoms with Gasteiger partial charge in [0, 0.05) is 46.7 Å². The lowest BCUT2D eigenvalue weighted by atomic mass is 10.1. The van der Waals surface area contributed by atoms with Crippen molar-refractivity contribution in [2.45, 2.75) is 37.6 Å². The van der Waals surface area contributed by atoms with Crippen LogP contribution in [0.5, 0.6) is 0 Å². The van der Waals surface area contributed by atoms with Crippen molar-refractivity contribution in [1.29, 1.82) is 0 Å². The van der Waals surface area contributed by atoms with Gasteiger partial charge in [-0.1, -0.05) is 23.2 Å². The number of aromatic nitrogens is 3. The van der Waals surface area contributed by atoms with E-state index in [9.17, 15) is 14.3 Å². The van der Waals surface area contributed by atoms with Gasteiger partial charge in [0.1, 0.15) is 12.0 Å². The maximum atomic E-state index is 14.2. The molecule has 2 N–H and O–H groups in total. The molecule has 1 aliphatic heterocycles. The van der Waals surface area contributed by atoms with E-state index in [1.54, 1.807) is 42.7 Å². The molecule has 0 radical (unpaired) electrons. The first kappa shape index (κ1) is 24.8. The van der Waals surface area contributed by atoms with Gasteiger partial charge in [0.15, 0.2) is 0 Å². The van der Waals surface area contributed by atoms with Crippen LogP contribution >= 0.6 is 23.2 Å². The zero-order valence-corrected chi connectivity index (χ0v) is 19.8. The standard InChI is InChI=1S/C24H25Cl2FN4O3/c25-17-8-16(9-18(26)11-17)22(13-32)31-6-4-15(10-24(31)33)20-3-5-28-23(30-20)12-29-21-2-1-7-34-14-19(21)27/h3-6,8-11,19,21-22,29,32H,1-2,7,12-14H2/t19-,21-,22-/m1/s1. The maximum Gasteiger partial charge on any atom is 0.251 e. The molecule has 1 aliphatic rings. The number of nitrogens with one attached hydrogen (secondary N) is 1. The number of hydrogen-bond donors (Lipinski definition) is 2. The first-order valence-electron chi connectivity index (χ1n) is 11.0. The molecule has 180 valence electrons. The third kappa shape index (κ3) is 6.00. The van der Waals surface area contributed by atoms with E-state index in [2.05, 4.69) is 15.3 Å². The average molecular weight is 507 g/mol.